The van der Waals surface area contributed by atoms with Gasteiger partial charge in [0, 0.05) is 29.6 Å². The highest BCUT2D eigenvalue weighted by atomic mass is 79.9. The molecule has 1 N–H and O–H groups in total. The number of nitro benzene ring substituents is 1. The Balaban J connectivity index is 2.01. The average molecular weight is 339 g/mol. The normalized spacial score (nSPS) is 10.2. The van der Waals surface area contributed by atoms with E-state index in [-0.39, 0.29) is 17.2 Å². The molecule has 0 atom stereocenters. The molecule has 2 rings (SSSR count). The first-order valence-electron chi connectivity index (χ1n) is 5.82. The maximum atomic E-state index is 12.0. The highest BCUT2D eigenvalue weighted by Crippen LogP contribution is 2.22. The van der Waals surface area contributed by atoms with Crippen molar-refractivity contribution in [3.63, 3.8) is 0 Å². The predicted molar refractivity (Wildman–Crippen MR) is 75.5 cm³/mol. The Morgan fingerprint density at radius 2 is 2.20 bits per heavy atom. The molecule has 0 spiro atoms. The zero-order valence-corrected chi connectivity index (χ0v) is 11.9. The van der Waals surface area contributed by atoms with Gasteiger partial charge in [-0.3, -0.25) is 14.9 Å². The molecule has 0 unspecified atom stereocenters. The zero-order valence-electron chi connectivity index (χ0n) is 10.3. The lowest BCUT2D eigenvalue weighted by Gasteiger charge is -2.06. The number of nitro groups is 1. The number of nitrogens with zero attached hydrogens (tertiary/aromatic N) is 1. The summed E-state index contributed by atoms with van der Waals surface area (Å²) in [7, 11) is 0. The van der Waals surface area contributed by atoms with Crippen LogP contribution in [0.1, 0.15) is 16.1 Å². The Bertz CT molecular complexity index is 625. The minimum atomic E-state index is -0.536. The van der Waals surface area contributed by atoms with Crippen LogP contribution in [0.5, 0.6) is 0 Å². The van der Waals surface area contributed by atoms with Crippen molar-refractivity contribution >= 4 is 27.5 Å². The second-order valence-corrected chi connectivity index (χ2v) is 4.86. The Kier molecular flexibility index (Phi) is 4.52. The van der Waals surface area contributed by atoms with E-state index in [4.69, 9.17) is 4.42 Å². The van der Waals surface area contributed by atoms with Gasteiger partial charge in [-0.05, 0) is 34.1 Å². The number of carbonyl (C=O) groups excluding carboxylic acids is 1. The summed E-state index contributed by atoms with van der Waals surface area (Å²) in [5.41, 5.74) is 0.114. The monoisotopic (exact) mass is 338 g/mol. The van der Waals surface area contributed by atoms with Crippen molar-refractivity contribution < 1.29 is 14.1 Å². The molecule has 1 amide bonds. The summed E-state index contributed by atoms with van der Waals surface area (Å²) >= 11 is 3.21. The molecular formula is C13H11BrN2O4. The molecule has 1 aromatic carbocycles. The zero-order chi connectivity index (χ0) is 14.5. The SMILES string of the molecule is O=C(NCCc1ccco1)c1cc([N+](=O)[O-])ccc1Br. The van der Waals surface area contributed by atoms with E-state index in [1.165, 1.54) is 18.2 Å². The molecule has 0 bridgehead atoms. The topological polar surface area (TPSA) is 85.4 Å². The van der Waals surface area contributed by atoms with Gasteiger partial charge in [0.15, 0.2) is 0 Å². The van der Waals surface area contributed by atoms with Gasteiger partial charge in [0.05, 0.1) is 16.7 Å². The van der Waals surface area contributed by atoms with Crippen LogP contribution in [0.2, 0.25) is 0 Å². The van der Waals surface area contributed by atoms with Crippen LogP contribution in [0.3, 0.4) is 0 Å². The number of hydrogen-bond acceptors (Lipinski definition) is 4. The number of hydrogen-bond donors (Lipinski definition) is 1. The molecule has 2 aromatic rings. The second-order valence-electron chi connectivity index (χ2n) is 4.01. The van der Waals surface area contributed by atoms with Gasteiger partial charge in [0.25, 0.3) is 11.6 Å². The number of halogens is 1. The lowest BCUT2D eigenvalue weighted by atomic mass is 10.2. The predicted octanol–water partition coefficient (Wildman–Crippen LogP) is 2.92. The summed E-state index contributed by atoms with van der Waals surface area (Å²) in [6.07, 6.45) is 2.12. The van der Waals surface area contributed by atoms with Gasteiger partial charge in [-0.1, -0.05) is 0 Å². The van der Waals surface area contributed by atoms with Crippen LogP contribution >= 0.6 is 15.9 Å². The Morgan fingerprint density at radius 3 is 2.85 bits per heavy atom. The third kappa shape index (κ3) is 3.45. The van der Waals surface area contributed by atoms with Gasteiger partial charge in [-0.25, -0.2) is 0 Å². The quantitative estimate of drug-likeness (QED) is 0.670. The number of amides is 1. The molecule has 1 heterocycles. The lowest BCUT2D eigenvalue weighted by molar-refractivity contribution is -0.384. The van der Waals surface area contributed by atoms with Crippen molar-refractivity contribution in [3.05, 3.63) is 62.5 Å². The number of non-ortho nitro benzene ring substituents is 1. The number of rotatable bonds is 5. The van der Waals surface area contributed by atoms with Crippen molar-refractivity contribution in [1.82, 2.24) is 5.32 Å². The molecule has 0 saturated heterocycles. The van der Waals surface area contributed by atoms with Crippen LogP contribution in [0.25, 0.3) is 0 Å². The number of benzene rings is 1. The van der Waals surface area contributed by atoms with Gasteiger partial charge in [-0.2, -0.15) is 0 Å². The summed E-state index contributed by atoms with van der Waals surface area (Å²) < 4.78 is 5.66. The molecule has 20 heavy (non-hydrogen) atoms. The molecule has 7 heteroatoms. The molecule has 1 aromatic heterocycles. The van der Waals surface area contributed by atoms with Crippen LogP contribution in [-0.2, 0) is 6.42 Å². The van der Waals surface area contributed by atoms with E-state index in [1.54, 1.807) is 12.3 Å². The molecule has 0 saturated carbocycles. The van der Waals surface area contributed by atoms with Crippen molar-refractivity contribution in [2.75, 3.05) is 6.54 Å². The standard InChI is InChI=1S/C13H11BrN2O4/c14-12-4-3-9(16(18)19)8-11(12)13(17)15-6-5-10-2-1-7-20-10/h1-4,7-8H,5-6H2,(H,15,17). The van der Waals surface area contributed by atoms with Crippen LogP contribution in [-0.4, -0.2) is 17.4 Å². The van der Waals surface area contributed by atoms with Gasteiger partial charge in [-0.15, -0.1) is 0 Å². The third-order valence-corrected chi connectivity index (χ3v) is 3.33. The largest absolute Gasteiger partial charge is 0.469 e. The molecule has 6 nitrogen and oxygen atoms in total. The molecule has 0 aliphatic heterocycles. The minimum Gasteiger partial charge on any atom is -0.469 e. The van der Waals surface area contributed by atoms with Crippen molar-refractivity contribution in [2.45, 2.75) is 6.42 Å². The molecule has 0 aliphatic carbocycles. The van der Waals surface area contributed by atoms with Crippen molar-refractivity contribution in [3.8, 4) is 0 Å². The maximum absolute atomic E-state index is 12.0. The highest BCUT2D eigenvalue weighted by molar-refractivity contribution is 9.10. The Hall–Kier alpha value is -2.15. The lowest BCUT2D eigenvalue weighted by Crippen LogP contribution is -2.26. The molecule has 0 fully saturated rings. The van der Waals surface area contributed by atoms with E-state index in [0.29, 0.717) is 17.4 Å². The van der Waals surface area contributed by atoms with Crippen molar-refractivity contribution in [1.29, 1.82) is 0 Å². The molecular weight excluding hydrogens is 328 g/mol. The van der Waals surface area contributed by atoms with Crippen molar-refractivity contribution in [2.24, 2.45) is 0 Å². The maximum Gasteiger partial charge on any atom is 0.270 e. The fourth-order valence-electron chi connectivity index (χ4n) is 1.65. The first-order valence-corrected chi connectivity index (χ1v) is 6.62. The molecule has 0 radical (unpaired) electrons. The van der Waals surface area contributed by atoms with E-state index in [2.05, 4.69) is 21.2 Å². The van der Waals surface area contributed by atoms with E-state index in [9.17, 15) is 14.9 Å². The van der Waals surface area contributed by atoms with Crippen LogP contribution < -0.4 is 5.32 Å². The summed E-state index contributed by atoms with van der Waals surface area (Å²) in [6, 6.07) is 7.65. The van der Waals surface area contributed by atoms with Gasteiger partial charge >= 0.3 is 0 Å². The number of nitrogens with one attached hydrogen (secondary N) is 1. The third-order valence-electron chi connectivity index (χ3n) is 2.64. The Morgan fingerprint density at radius 1 is 1.40 bits per heavy atom. The van der Waals surface area contributed by atoms with Crippen LogP contribution in [0.4, 0.5) is 5.69 Å². The fraction of sp³-hybridized carbons (Fsp3) is 0.154. The van der Waals surface area contributed by atoms with Gasteiger partial charge in [0.2, 0.25) is 0 Å². The summed E-state index contributed by atoms with van der Waals surface area (Å²) in [5.74, 6) is 0.399. The molecule has 104 valence electrons. The highest BCUT2D eigenvalue weighted by Gasteiger charge is 2.15. The average Bonchev–Trinajstić information content (AvgIpc) is 2.92. The summed E-state index contributed by atoms with van der Waals surface area (Å²) in [4.78, 5) is 22.1. The summed E-state index contributed by atoms with van der Waals surface area (Å²) in [6.45, 7) is 0.390. The minimum absolute atomic E-state index is 0.121. The second kappa shape index (κ2) is 6.33. The van der Waals surface area contributed by atoms with Crippen LogP contribution in [0, 0.1) is 10.1 Å². The van der Waals surface area contributed by atoms with E-state index in [1.807, 2.05) is 6.07 Å². The van der Waals surface area contributed by atoms with E-state index >= 15 is 0 Å². The van der Waals surface area contributed by atoms with E-state index < -0.39 is 4.92 Å². The van der Waals surface area contributed by atoms with Gasteiger partial charge in [0.1, 0.15) is 5.76 Å². The first-order chi connectivity index (χ1) is 9.58. The smallest absolute Gasteiger partial charge is 0.270 e. The summed E-state index contributed by atoms with van der Waals surface area (Å²) in [5, 5.41) is 13.4. The fourth-order valence-corrected chi connectivity index (χ4v) is 2.08. The van der Waals surface area contributed by atoms with Gasteiger partial charge < -0.3 is 9.73 Å². The molecule has 0 aliphatic rings. The number of furan rings is 1. The first kappa shape index (κ1) is 14.3. The number of carbonyl (C=O) groups is 1. The van der Waals surface area contributed by atoms with E-state index in [0.717, 1.165) is 5.76 Å². The Labute approximate surface area is 123 Å². The van der Waals surface area contributed by atoms with Crippen LogP contribution in [0.15, 0.2) is 45.5 Å².